The van der Waals surface area contributed by atoms with Crippen molar-refractivity contribution in [3.8, 4) is 5.75 Å². The maximum absolute atomic E-state index is 15.0. The van der Waals surface area contributed by atoms with Crippen LogP contribution in [0.15, 0.2) is 66.2 Å². The van der Waals surface area contributed by atoms with Gasteiger partial charge in [0.2, 0.25) is 0 Å². The summed E-state index contributed by atoms with van der Waals surface area (Å²) in [5.74, 6) is -3.03. The highest BCUT2D eigenvalue weighted by Gasteiger charge is 2.48. The molecule has 1 heterocycles. The summed E-state index contributed by atoms with van der Waals surface area (Å²) in [6, 6.07) is 13.0. The van der Waals surface area contributed by atoms with Gasteiger partial charge in [-0.25, -0.2) is 8.78 Å². The van der Waals surface area contributed by atoms with Crippen LogP contribution in [-0.4, -0.2) is 23.9 Å². The fraction of sp³-hybridized carbons (Fsp3) is 0.214. The second kappa shape index (κ2) is 9.33. The zero-order valence-electron chi connectivity index (χ0n) is 19.8. The summed E-state index contributed by atoms with van der Waals surface area (Å²) in [6.45, 7) is 5.65. The van der Waals surface area contributed by atoms with E-state index in [0.717, 1.165) is 16.5 Å². The van der Waals surface area contributed by atoms with E-state index in [4.69, 9.17) is 4.74 Å². The summed E-state index contributed by atoms with van der Waals surface area (Å²) >= 11 is 0. The number of nitrogens with zero attached hydrogens (tertiary/aromatic N) is 1. The van der Waals surface area contributed by atoms with Gasteiger partial charge >= 0.3 is 0 Å². The molecule has 1 aliphatic heterocycles. The fourth-order valence-electron chi connectivity index (χ4n) is 4.44. The predicted molar refractivity (Wildman–Crippen MR) is 129 cm³/mol. The molecule has 7 heteroatoms. The van der Waals surface area contributed by atoms with Gasteiger partial charge in [0, 0.05) is 16.8 Å². The van der Waals surface area contributed by atoms with E-state index < -0.39 is 35.1 Å². The molecule has 1 N–H and O–H groups in total. The zero-order chi connectivity index (χ0) is 25.4. The first-order valence-corrected chi connectivity index (χ1v) is 11.2. The number of aliphatic hydroxyl groups is 1. The van der Waals surface area contributed by atoms with E-state index >= 15 is 4.39 Å². The van der Waals surface area contributed by atoms with Gasteiger partial charge in [0.05, 0.1) is 18.7 Å². The number of hydrogen-bond acceptors (Lipinski definition) is 4. The number of aliphatic hydroxyl groups excluding tert-OH is 1. The molecule has 3 aromatic rings. The number of amides is 1. The monoisotopic (exact) mass is 477 g/mol. The molecule has 1 saturated heterocycles. The number of hydrogen-bond donors (Lipinski definition) is 1. The first kappa shape index (κ1) is 24.1. The number of carbonyl (C=O) groups is 2. The molecule has 1 aliphatic rings. The van der Waals surface area contributed by atoms with Gasteiger partial charge in [-0.2, -0.15) is 0 Å². The molecule has 1 unspecified atom stereocenters. The number of anilines is 1. The second-order valence-corrected chi connectivity index (χ2v) is 8.73. The lowest BCUT2D eigenvalue weighted by Gasteiger charge is -2.26. The van der Waals surface area contributed by atoms with Crippen LogP contribution in [0.3, 0.4) is 0 Å². The van der Waals surface area contributed by atoms with Crippen LogP contribution in [0.2, 0.25) is 0 Å². The molecular formula is C28H25F2NO4. The Kier molecular flexibility index (Phi) is 6.43. The Hall–Kier alpha value is -4.00. The molecule has 1 atom stereocenters. The molecule has 0 saturated carbocycles. The van der Waals surface area contributed by atoms with Crippen molar-refractivity contribution in [1.29, 1.82) is 0 Å². The average molecular weight is 478 g/mol. The van der Waals surface area contributed by atoms with E-state index in [-0.39, 0.29) is 22.7 Å². The Morgan fingerprint density at radius 1 is 1.03 bits per heavy atom. The summed E-state index contributed by atoms with van der Waals surface area (Å²) in [6.07, 6.45) is 0. The van der Waals surface area contributed by atoms with Crippen LogP contribution in [0.5, 0.6) is 5.75 Å². The van der Waals surface area contributed by atoms with Crippen molar-refractivity contribution in [3.05, 3.63) is 100 Å². The van der Waals surface area contributed by atoms with E-state index in [1.54, 1.807) is 32.2 Å². The Morgan fingerprint density at radius 3 is 2.37 bits per heavy atom. The molecule has 4 rings (SSSR count). The van der Waals surface area contributed by atoms with Gasteiger partial charge in [-0.1, -0.05) is 38.1 Å². The number of halogens is 2. The molecule has 0 aliphatic carbocycles. The van der Waals surface area contributed by atoms with Crippen molar-refractivity contribution in [1.82, 2.24) is 0 Å². The Bertz CT molecular complexity index is 1360. The number of Topliss-reactive ketones (excluding diaryl/α,β-unsaturated/α-hetero) is 1. The number of ether oxygens (including phenoxy) is 1. The molecule has 0 spiro atoms. The van der Waals surface area contributed by atoms with Crippen molar-refractivity contribution in [2.24, 2.45) is 0 Å². The summed E-state index contributed by atoms with van der Waals surface area (Å²) < 4.78 is 34.5. The van der Waals surface area contributed by atoms with Gasteiger partial charge < -0.3 is 9.84 Å². The van der Waals surface area contributed by atoms with Crippen molar-refractivity contribution in [2.75, 3.05) is 12.0 Å². The molecular weight excluding hydrogens is 452 g/mol. The van der Waals surface area contributed by atoms with Gasteiger partial charge in [0.1, 0.15) is 23.1 Å². The van der Waals surface area contributed by atoms with E-state index in [1.807, 2.05) is 13.8 Å². The number of rotatable bonds is 5. The number of ketones is 1. The van der Waals surface area contributed by atoms with E-state index in [2.05, 4.69) is 0 Å². The average Bonchev–Trinajstić information content (AvgIpc) is 3.08. The predicted octanol–water partition coefficient (Wildman–Crippen LogP) is 6.03. The molecule has 1 amide bonds. The molecule has 3 aromatic carbocycles. The van der Waals surface area contributed by atoms with Crippen LogP contribution in [0.1, 0.15) is 48.1 Å². The molecule has 180 valence electrons. The van der Waals surface area contributed by atoms with Gasteiger partial charge in [-0.15, -0.1) is 0 Å². The molecule has 5 nitrogen and oxygen atoms in total. The van der Waals surface area contributed by atoms with Crippen molar-refractivity contribution in [3.63, 3.8) is 0 Å². The highest BCUT2D eigenvalue weighted by molar-refractivity contribution is 6.51. The third-order valence-corrected chi connectivity index (χ3v) is 6.18. The van der Waals surface area contributed by atoms with E-state index in [0.29, 0.717) is 16.9 Å². The summed E-state index contributed by atoms with van der Waals surface area (Å²) in [4.78, 5) is 27.5. The highest BCUT2D eigenvalue weighted by Crippen LogP contribution is 2.44. The van der Waals surface area contributed by atoms with Crippen molar-refractivity contribution >= 4 is 23.1 Å². The first-order chi connectivity index (χ1) is 16.6. The minimum absolute atomic E-state index is 0.00718. The standard InChI is InChI=1S/C28H25F2NO4/c1-15(2)20-14-21(16(3)12-23(20)35-4)26(32)24-25(19-10-5-6-11-22(19)30)31(28(34)27(24)33)18-9-7-8-17(29)13-18/h5-15,25,32H,1-4H3/b26-24+. The molecule has 0 bridgehead atoms. The van der Waals surface area contributed by atoms with Crippen molar-refractivity contribution < 1.29 is 28.2 Å². The van der Waals surface area contributed by atoms with Crippen LogP contribution in [0, 0.1) is 18.6 Å². The summed E-state index contributed by atoms with van der Waals surface area (Å²) in [7, 11) is 1.54. The minimum atomic E-state index is -1.29. The maximum atomic E-state index is 15.0. The lowest BCUT2D eigenvalue weighted by molar-refractivity contribution is -0.132. The fourth-order valence-corrected chi connectivity index (χ4v) is 4.44. The molecule has 0 aromatic heterocycles. The van der Waals surface area contributed by atoms with Gasteiger partial charge in [0.25, 0.3) is 11.7 Å². The number of benzene rings is 3. The molecule has 35 heavy (non-hydrogen) atoms. The number of carbonyl (C=O) groups excluding carboxylic acids is 2. The third kappa shape index (κ3) is 4.18. The third-order valence-electron chi connectivity index (χ3n) is 6.18. The Morgan fingerprint density at radius 2 is 1.74 bits per heavy atom. The zero-order valence-corrected chi connectivity index (χ0v) is 19.8. The lowest BCUT2D eigenvalue weighted by atomic mass is 9.91. The lowest BCUT2D eigenvalue weighted by Crippen LogP contribution is -2.30. The SMILES string of the molecule is COc1cc(C)c(/C(O)=C2\C(=O)C(=O)N(c3cccc(F)c3)C2c2ccccc2F)cc1C(C)C. The minimum Gasteiger partial charge on any atom is -0.507 e. The first-order valence-electron chi connectivity index (χ1n) is 11.2. The number of methoxy groups -OCH3 is 1. The van der Waals surface area contributed by atoms with Crippen LogP contribution >= 0.6 is 0 Å². The molecule has 1 fully saturated rings. The van der Waals surface area contributed by atoms with Crippen LogP contribution in [-0.2, 0) is 9.59 Å². The van der Waals surface area contributed by atoms with E-state index in [9.17, 15) is 19.1 Å². The maximum Gasteiger partial charge on any atom is 0.300 e. The van der Waals surface area contributed by atoms with Crippen LogP contribution < -0.4 is 9.64 Å². The highest BCUT2D eigenvalue weighted by atomic mass is 19.1. The Balaban J connectivity index is 2.01. The van der Waals surface area contributed by atoms with Crippen molar-refractivity contribution in [2.45, 2.75) is 32.7 Å². The largest absolute Gasteiger partial charge is 0.507 e. The quantitative estimate of drug-likeness (QED) is 0.277. The summed E-state index contributed by atoms with van der Waals surface area (Å²) in [5.41, 5.74) is 1.54. The van der Waals surface area contributed by atoms with Gasteiger partial charge in [-0.05, 0) is 60.4 Å². The topological polar surface area (TPSA) is 66.8 Å². The summed E-state index contributed by atoms with van der Waals surface area (Å²) in [5, 5.41) is 11.4. The van der Waals surface area contributed by atoms with Crippen LogP contribution in [0.25, 0.3) is 5.76 Å². The van der Waals surface area contributed by atoms with E-state index in [1.165, 1.54) is 36.4 Å². The molecule has 0 radical (unpaired) electrons. The van der Waals surface area contributed by atoms with Crippen LogP contribution in [0.4, 0.5) is 14.5 Å². The van der Waals surface area contributed by atoms with Gasteiger partial charge in [-0.3, -0.25) is 14.5 Å². The normalized spacial score (nSPS) is 17.3. The van der Waals surface area contributed by atoms with Gasteiger partial charge in [0.15, 0.2) is 0 Å². The Labute approximate surface area is 202 Å². The smallest absolute Gasteiger partial charge is 0.300 e. The second-order valence-electron chi connectivity index (χ2n) is 8.73. The number of aryl methyl sites for hydroxylation is 1.